The number of aryl methyl sites for hydroxylation is 1. The van der Waals surface area contributed by atoms with Crippen molar-refractivity contribution in [1.82, 2.24) is 4.90 Å². The number of esters is 1. The molecule has 1 aromatic rings. The summed E-state index contributed by atoms with van der Waals surface area (Å²) in [6, 6.07) is 9.65. The molecule has 2 rings (SSSR count). The Balaban J connectivity index is 1.67. The van der Waals surface area contributed by atoms with Crippen LogP contribution in [-0.2, 0) is 20.7 Å². The first-order valence-electron chi connectivity index (χ1n) is 11.8. The Morgan fingerprint density at radius 3 is 2.56 bits per heavy atom. The summed E-state index contributed by atoms with van der Waals surface area (Å²) in [6.07, 6.45) is 6.51. The predicted octanol–water partition coefficient (Wildman–Crippen LogP) is 4.90. The van der Waals surface area contributed by atoms with Crippen LogP contribution in [0.3, 0.4) is 0 Å². The summed E-state index contributed by atoms with van der Waals surface area (Å²) in [5.74, 6) is -4.65. The highest BCUT2D eigenvalue weighted by Gasteiger charge is 2.52. The minimum atomic E-state index is -3.31. The Kier molecular flexibility index (Phi) is 11.1. The van der Waals surface area contributed by atoms with Crippen molar-refractivity contribution in [2.75, 3.05) is 13.7 Å². The van der Waals surface area contributed by atoms with Crippen LogP contribution in [0.5, 0.6) is 0 Å². The zero-order chi connectivity index (χ0) is 23.4. The number of ether oxygens (including phenoxy) is 1. The third-order valence-electron chi connectivity index (χ3n) is 6.19. The number of carbonyl (C=O) groups excluding carboxylic acids is 2. The third-order valence-corrected chi connectivity index (χ3v) is 6.19. The van der Waals surface area contributed by atoms with Gasteiger partial charge in [0, 0.05) is 25.4 Å². The van der Waals surface area contributed by atoms with Crippen molar-refractivity contribution in [1.29, 1.82) is 0 Å². The minimum Gasteiger partial charge on any atom is -0.469 e. The van der Waals surface area contributed by atoms with Crippen LogP contribution in [0, 0.1) is 0 Å². The molecule has 1 amide bonds. The van der Waals surface area contributed by atoms with Crippen molar-refractivity contribution in [3.63, 3.8) is 0 Å². The number of unbranched alkanes of at least 4 members (excludes halogenated alkanes) is 4. The van der Waals surface area contributed by atoms with Crippen molar-refractivity contribution in [2.24, 2.45) is 0 Å². The lowest BCUT2D eigenvalue weighted by Gasteiger charge is -2.25. The number of rotatable bonds is 15. The van der Waals surface area contributed by atoms with Gasteiger partial charge in [-0.15, -0.1) is 0 Å². The van der Waals surface area contributed by atoms with E-state index in [0.29, 0.717) is 45.1 Å². The number of nitrogens with zero attached hydrogens (tertiary/aromatic N) is 1. The highest BCUT2D eigenvalue weighted by Crippen LogP contribution is 2.36. The molecule has 1 aliphatic rings. The molecule has 0 aromatic heterocycles. The van der Waals surface area contributed by atoms with Crippen LogP contribution in [0.25, 0.3) is 0 Å². The lowest BCUT2D eigenvalue weighted by atomic mass is 10.00. The summed E-state index contributed by atoms with van der Waals surface area (Å²) in [5.41, 5.74) is 1.27. The molecular formula is C25H37F2NO4. The van der Waals surface area contributed by atoms with Crippen molar-refractivity contribution in [2.45, 2.75) is 95.1 Å². The fourth-order valence-electron chi connectivity index (χ4n) is 4.30. The summed E-state index contributed by atoms with van der Waals surface area (Å²) < 4.78 is 32.6. The number of hydrogen-bond acceptors (Lipinski definition) is 4. The van der Waals surface area contributed by atoms with Crippen molar-refractivity contribution >= 4 is 11.9 Å². The Bertz CT molecular complexity index is 698. The van der Waals surface area contributed by atoms with Crippen LogP contribution < -0.4 is 0 Å². The molecule has 0 radical (unpaired) electrons. The Hall–Kier alpha value is -2.02. The van der Waals surface area contributed by atoms with E-state index in [1.54, 1.807) is 0 Å². The van der Waals surface area contributed by atoms with Gasteiger partial charge in [-0.2, -0.15) is 8.78 Å². The standard InChI is InChI=1S/C25H37F2NO4/c1-32-23(30)15-7-2-3-10-18-28-21(19-25(26,27)24(28)31)16-17-22(29)14-9-8-13-20-11-5-4-6-12-20/h4-6,11-12,21-22,29H,2-3,7-10,13-19H2,1H3/t21-,22?/m1/s1. The zero-order valence-electron chi connectivity index (χ0n) is 19.1. The van der Waals surface area contributed by atoms with Gasteiger partial charge in [-0.1, -0.05) is 49.6 Å². The number of halogens is 2. The molecule has 1 saturated heterocycles. The molecule has 0 saturated carbocycles. The second kappa shape index (κ2) is 13.5. The van der Waals surface area contributed by atoms with E-state index in [0.717, 1.165) is 32.1 Å². The number of likely N-dealkylation sites (tertiary alicyclic amines) is 1. The molecule has 1 heterocycles. The quantitative estimate of drug-likeness (QED) is 0.303. The number of aliphatic hydroxyl groups is 1. The Labute approximate surface area is 190 Å². The maximum Gasteiger partial charge on any atom is 0.326 e. The van der Waals surface area contributed by atoms with E-state index in [9.17, 15) is 23.5 Å². The molecule has 2 atom stereocenters. The number of amides is 1. The van der Waals surface area contributed by atoms with Gasteiger partial charge in [-0.3, -0.25) is 9.59 Å². The normalized spacial score (nSPS) is 18.7. The number of hydrogen-bond donors (Lipinski definition) is 1. The zero-order valence-corrected chi connectivity index (χ0v) is 19.1. The van der Waals surface area contributed by atoms with Crippen LogP contribution in [0.4, 0.5) is 8.78 Å². The lowest BCUT2D eigenvalue weighted by molar-refractivity contribution is -0.148. The number of benzene rings is 1. The van der Waals surface area contributed by atoms with E-state index in [2.05, 4.69) is 16.9 Å². The first kappa shape index (κ1) is 26.2. The molecule has 1 aliphatic heterocycles. The number of methoxy groups -OCH3 is 1. The van der Waals surface area contributed by atoms with Crippen LogP contribution in [0.2, 0.25) is 0 Å². The average molecular weight is 454 g/mol. The molecule has 180 valence electrons. The topological polar surface area (TPSA) is 66.8 Å². The minimum absolute atomic E-state index is 0.252. The smallest absolute Gasteiger partial charge is 0.326 e. The molecule has 5 nitrogen and oxygen atoms in total. The maximum absolute atomic E-state index is 14.0. The van der Waals surface area contributed by atoms with E-state index in [1.165, 1.54) is 17.6 Å². The van der Waals surface area contributed by atoms with Crippen LogP contribution in [0.1, 0.15) is 76.2 Å². The van der Waals surface area contributed by atoms with Gasteiger partial charge in [0.15, 0.2) is 0 Å². The Morgan fingerprint density at radius 1 is 1.12 bits per heavy atom. The van der Waals surface area contributed by atoms with Gasteiger partial charge in [0.25, 0.3) is 5.91 Å². The summed E-state index contributed by atoms with van der Waals surface area (Å²) in [5, 5.41) is 10.3. The predicted molar refractivity (Wildman–Crippen MR) is 119 cm³/mol. The monoisotopic (exact) mass is 453 g/mol. The van der Waals surface area contributed by atoms with Crippen LogP contribution in [0.15, 0.2) is 30.3 Å². The van der Waals surface area contributed by atoms with Crippen molar-refractivity contribution in [3.8, 4) is 0 Å². The molecule has 7 heteroatoms. The Morgan fingerprint density at radius 2 is 1.84 bits per heavy atom. The number of aliphatic hydroxyl groups excluding tert-OH is 1. The first-order valence-corrected chi connectivity index (χ1v) is 11.8. The maximum atomic E-state index is 14.0. The average Bonchev–Trinajstić information content (AvgIpc) is 3.00. The molecule has 32 heavy (non-hydrogen) atoms. The molecule has 0 aliphatic carbocycles. The van der Waals surface area contributed by atoms with E-state index >= 15 is 0 Å². The fourth-order valence-corrected chi connectivity index (χ4v) is 4.30. The largest absolute Gasteiger partial charge is 0.469 e. The van der Waals surface area contributed by atoms with Crippen molar-refractivity contribution in [3.05, 3.63) is 35.9 Å². The van der Waals surface area contributed by atoms with E-state index in [4.69, 9.17) is 0 Å². The van der Waals surface area contributed by atoms with Gasteiger partial charge >= 0.3 is 11.9 Å². The lowest BCUT2D eigenvalue weighted by Crippen LogP contribution is -2.37. The van der Waals surface area contributed by atoms with Gasteiger partial charge in [0.1, 0.15) is 0 Å². The molecule has 1 aromatic carbocycles. The van der Waals surface area contributed by atoms with E-state index in [-0.39, 0.29) is 5.97 Å². The summed E-state index contributed by atoms with van der Waals surface area (Å²) >= 11 is 0. The summed E-state index contributed by atoms with van der Waals surface area (Å²) in [4.78, 5) is 24.5. The van der Waals surface area contributed by atoms with Gasteiger partial charge in [0.05, 0.1) is 13.2 Å². The van der Waals surface area contributed by atoms with Crippen LogP contribution >= 0.6 is 0 Å². The van der Waals surface area contributed by atoms with Gasteiger partial charge < -0.3 is 14.7 Å². The molecule has 1 fully saturated rings. The third kappa shape index (κ3) is 8.85. The van der Waals surface area contributed by atoms with E-state index < -0.39 is 30.4 Å². The first-order chi connectivity index (χ1) is 15.3. The molecule has 1 unspecified atom stereocenters. The molecule has 0 spiro atoms. The van der Waals surface area contributed by atoms with Gasteiger partial charge in [0.2, 0.25) is 0 Å². The highest BCUT2D eigenvalue weighted by atomic mass is 19.3. The highest BCUT2D eigenvalue weighted by molar-refractivity contribution is 5.86. The number of carbonyl (C=O) groups is 2. The SMILES string of the molecule is COC(=O)CCCCCCN1C(=O)C(F)(F)C[C@H]1CCC(O)CCCCc1ccccc1. The second-order valence-electron chi connectivity index (χ2n) is 8.76. The summed E-state index contributed by atoms with van der Waals surface area (Å²) in [6.45, 7) is 0.296. The second-order valence-corrected chi connectivity index (χ2v) is 8.76. The molecule has 1 N–H and O–H groups in total. The molecular weight excluding hydrogens is 416 g/mol. The van der Waals surface area contributed by atoms with Gasteiger partial charge in [-0.25, -0.2) is 0 Å². The fraction of sp³-hybridized carbons (Fsp3) is 0.680. The van der Waals surface area contributed by atoms with Gasteiger partial charge in [-0.05, 0) is 50.5 Å². The molecule has 0 bridgehead atoms. The van der Waals surface area contributed by atoms with Crippen LogP contribution in [-0.4, -0.2) is 53.6 Å². The van der Waals surface area contributed by atoms with E-state index in [1.807, 2.05) is 18.2 Å². The van der Waals surface area contributed by atoms with Crippen molar-refractivity contribution < 1.29 is 28.2 Å². The number of alkyl halides is 2. The summed E-state index contributed by atoms with van der Waals surface area (Å²) in [7, 11) is 1.35.